The molecule has 0 radical (unpaired) electrons. The molecule has 0 amide bonds. The molecule has 1 aromatic heterocycles. The molecule has 18 heavy (non-hydrogen) atoms. The summed E-state index contributed by atoms with van der Waals surface area (Å²) in [5.74, 6) is 1.33. The lowest BCUT2D eigenvalue weighted by Crippen LogP contribution is -2.06. The van der Waals surface area contributed by atoms with Gasteiger partial charge < -0.3 is 5.73 Å². The number of nitrogens with two attached hydrogens (primary N) is 1. The van der Waals surface area contributed by atoms with E-state index in [9.17, 15) is 0 Å². The van der Waals surface area contributed by atoms with Gasteiger partial charge in [-0.2, -0.15) is 0 Å². The van der Waals surface area contributed by atoms with Gasteiger partial charge in [0, 0.05) is 17.7 Å². The van der Waals surface area contributed by atoms with E-state index in [0.717, 1.165) is 29.9 Å². The minimum atomic E-state index is 0.597. The first-order valence-electron chi connectivity index (χ1n) is 6.27. The molecule has 2 rings (SSSR count). The summed E-state index contributed by atoms with van der Waals surface area (Å²) in [7, 11) is 0. The summed E-state index contributed by atoms with van der Waals surface area (Å²) < 4.78 is 0. The van der Waals surface area contributed by atoms with Gasteiger partial charge in [0.2, 0.25) is 0 Å². The van der Waals surface area contributed by atoms with E-state index >= 15 is 0 Å². The van der Waals surface area contributed by atoms with E-state index in [0.29, 0.717) is 5.82 Å². The smallest absolute Gasteiger partial charge is 0.130 e. The Balaban J connectivity index is 2.28. The van der Waals surface area contributed by atoms with Gasteiger partial charge in [-0.15, -0.1) is 0 Å². The average Bonchev–Trinajstić information content (AvgIpc) is 2.34. The van der Waals surface area contributed by atoms with Crippen molar-refractivity contribution in [2.45, 2.75) is 33.6 Å². The summed E-state index contributed by atoms with van der Waals surface area (Å²) in [5, 5.41) is 0. The van der Waals surface area contributed by atoms with Crippen LogP contribution in [0.25, 0.3) is 0 Å². The van der Waals surface area contributed by atoms with Crippen LogP contribution in [0.1, 0.15) is 35.1 Å². The molecule has 0 unspecified atom stereocenters. The second-order valence-corrected chi connectivity index (χ2v) is 4.57. The minimum absolute atomic E-state index is 0.597. The largest absolute Gasteiger partial charge is 0.383 e. The number of hydrogen-bond acceptors (Lipinski definition) is 3. The molecule has 2 aromatic rings. The van der Waals surface area contributed by atoms with E-state index in [1.165, 1.54) is 11.1 Å². The lowest BCUT2D eigenvalue weighted by atomic mass is 10.0. The van der Waals surface area contributed by atoms with E-state index in [4.69, 9.17) is 5.73 Å². The van der Waals surface area contributed by atoms with Gasteiger partial charge in [-0.25, -0.2) is 9.97 Å². The van der Waals surface area contributed by atoms with Crippen molar-refractivity contribution in [3.8, 4) is 0 Å². The Bertz CT molecular complexity index is 521. The normalized spacial score (nSPS) is 10.6. The van der Waals surface area contributed by atoms with Crippen molar-refractivity contribution in [1.29, 1.82) is 0 Å². The summed E-state index contributed by atoms with van der Waals surface area (Å²) in [4.78, 5) is 8.60. The Morgan fingerprint density at radius 1 is 1.00 bits per heavy atom. The van der Waals surface area contributed by atoms with Crippen molar-refractivity contribution in [1.82, 2.24) is 9.97 Å². The molecule has 1 aromatic carbocycles. The molecule has 0 aliphatic rings. The van der Waals surface area contributed by atoms with Gasteiger partial charge in [-0.1, -0.05) is 31.2 Å². The first-order valence-corrected chi connectivity index (χ1v) is 6.27. The average molecular weight is 241 g/mol. The number of aromatic nitrogens is 2. The van der Waals surface area contributed by atoms with Gasteiger partial charge in [0.25, 0.3) is 0 Å². The molecule has 94 valence electrons. The molecule has 0 atom stereocenters. The number of anilines is 1. The number of aryl methyl sites for hydroxylation is 3. The Morgan fingerprint density at radius 3 is 2.17 bits per heavy atom. The summed E-state index contributed by atoms with van der Waals surface area (Å²) >= 11 is 0. The van der Waals surface area contributed by atoms with Crippen LogP contribution in [0.15, 0.2) is 24.3 Å². The predicted octanol–water partition coefficient (Wildman–Crippen LogP) is 2.83. The van der Waals surface area contributed by atoms with Crippen molar-refractivity contribution in [3.05, 3.63) is 52.5 Å². The molecule has 0 aliphatic heterocycles. The van der Waals surface area contributed by atoms with Crippen LogP contribution in [-0.4, -0.2) is 9.97 Å². The zero-order valence-corrected chi connectivity index (χ0v) is 11.2. The SMILES string of the molecule is CCc1ccc(Cc2c(C)nc(C)nc2N)cc1. The lowest BCUT2D eigenvalue weighted by molar-refractivity contribution is 0.968. The molecule has 0 saturated heterocycles. The number of rotatable bonds is 3. The Labute approximate surface area is 108 Å². The monoisotopic (exact) mass is 241 g/mol. The molecule has 0 spiro atoms. The maximum atomic E-state index is 5.98. The number of hydrogen-bond donors (Lipinski definition) is 1. The maximum Gasteiger partial charge on any atom is 0.130 e. The van der Waals surface area contributed by atoms with Crippen molar-refractivity contribution in [3.63, 3.8) is 0 Å². The molecule has 0 fully saturated rings. The van der Waals surface area contributed by atoms with Gasteiger partial charge in [-0.3, -0.25) is 0 Å². The summed E-state index contributed by atoms with van der Waals surface area (Å²) in [6, 6.07) is 8.63. The highest BCUT2D eigenvalue weighted by molar-refractivity contribution is 5.45. The Hall–Kier alpha value is -1.90. The van der Waals surface area contributed by atoms with Crippen LogP contribution < -0.4 is 5.73 Å². The van der Waals surface area contributed by atoms with Gasteiger partial charge in [0.15, 0.2) is 0 Å². The third-order valence-electron chi connectivity index (χ3n) is 3.17. The van der Waals surface area contributed by atoms with E-state index in [2.05, 4.69) is 41.2 Å². The zero-order chi connectivity index (χ0) is 13.1. The van der Waals surface area contributed by atoms with Crippen molar-refractivity contribution >= 4 is 5.82 Å². The molecule has 3 heteroatoms. The molecule has 0 bridgehead atoms. The number of benzene rings is 1. The third kappa shape index (κ3) is 2.67. The van der Waals surface area contributed by atoms with Crippen LogP contribution in [-0.2, 0) is 12.8 Å². The van der Waals surface area contributed by atoms with Gasteiger partial charge in [0.05, 0.1) is 0 Å². The third-order valence-corrected chi connectivity index (χ3v) is 3.17. The van der Waals surface area contributed by atoms with Gasteiger partial charge in [-0.05, 0) is 31.4 Å². The van der Waals surface area contributed by atoms with Crippen LogP contribution in [0.5, 0.6) is 0 Å². The maximum absolute atomic E-state index is 5.98. The molecule has 3 nitrogen and oxygen atoms in total. The highest BCUT2D eigenvalue weighted by atomic mass is 14.9. The van der Waals surface area contributed by atoms with Crippen LogP contribution in [0.3, 0.4) is 0 Å². The van der Waals surface area contributed by atoms with Gasteiger partial charge in [0.1, 0.15) is 11.6 Å². The highest BCUT2D eigenvalue weighted by Crippen LogP contribution is 2.18. The highest BCUT2D eigenvalue weighted by Gasteiger charge is 2.08. The van der Waals surface area contributed by atoms with Crippen LogP contribution >= 0.6 is 0 Å². The first-order chi connectivity index (χ1) is 8.60. The number of nitrogen functional groups attached to an aromatic ring is 1. The van der Waals surface area contributed by atoms with Crippen LogP contribution in [0.2, 0.25) is 0 Å². The van der Waals surface area contributed by atoms with E-state index in [-0.39, 0.29) is 0 Å². The van der Waals surface area contributed by atoms with Crippen molar-refractivity contribution in [2.75, 3.05) is 5.73 Å². The van der Waals surface area contributed by atoms with Crippen LogP contribution in [0.4, 0.5) is 5.82 Å². The molecule has 2 N–H and O–H groups in total. The Kier molecular flexibility index (Phi) is 3.60. The molecular formula is C15H19N3. The zero-order valence-electron chi connectivity index (χ0n) is 11.2. The summed E-state index contributed by atoms with van der Waals surface area (Å²) in [5.41, 5.74) is 10.6. The predicted molar refractivity (Wildman–Crippen MR) is 74.5 cm³/mol. The van der Waals surface area contributed by atoms with E-state index < -0.39 is 0 Å². The quantitative estimate of drug-likeness (QED) is 0.899. The molecule has 0 saturated carbocycles. The lowest BCUT2D eigenvalue weighted by Gasteiger charge is -2.09. The van der Waals surface area contributed by atoms with Crippen molar-refractivity contribution in [2.24, 2.45) is 0 Å². The topological polar surface area (TPSA) is 51.8 Å². The fraction of sp³-hybridized carbons (Fsp3) is 0.333. The van der Waals surface area contributed by atoms with Gasteiger partial charge >= 0.3 is 0 Å². The second kappa shape index (κ2) is 5.17. The number of nitrogens with zero attached hydrogens (tertiary/aromatic N) is 2. The minimum Gasteiger partial charge on any atom is -0.383 e. The fourth-order valence-corrected chi connectivity index (χ4v) is 2.08. The Morgan fingerprint density at radius 2 is 1.61 bits per heavy atom. The van der Waals surface area contributed by atoms with Crippen LogP contribution in [0, 0.1) is 13.8 Å². The summed E-state index contributed by atoms with van der Waals surface area (Å²) in [6.07, 6.45) is 1.86. The van der Waals surface area contributed by atoms with E-state index in [1.807, 2.05) is 13.8 Å². The summed E-state index contributed by atoms with van der Waals surface area (Å²) in [6.45, 7) is 6.01. The molecular weight excluding hydrogens is 222 g/mol. The standard InChI is InChI=1S/C15H19N3/c1-4-12-5-7-13(8-6-12)9-14-10(2)17-11(3)18-15(14)16/h5-8H,4,9H2,1-3H3,(H2,16,17,18). The molecule has 1 heterocycles. The van der Waals surface area contributed by atoms with Crippen molar-refractivity contribution < 1.29 is 0 Å². The van der Waals surface area contributed by atoms with E-state index in [1.54, 1.807) is 0 Å². The molecule has 0 aliphatic carbocycles. The second-order valence-electron chi connectivity index (χ2n) is 4.57. The fourth-order valence-electron chi connectivity index (χ4n) is 2.08. The first kappa shape index (κ1) is 12.6.